The van der Waals surface area contributed by atoms with E-state index in [0.717, 1.165) is 12.2 Å². The summed E-state index contributed by atoms with van der Waals surface area (Å²) in [6, 6.07) is 5.73. The lowest BCUT2D eigenvalue weighted by Crippen LogP contribution is -2.47. The maximum Gasteiger partial charge on any atom is 0.123 e. The third-order valence-electron chi connectivity index (χ3n) is 3.40. The zero-order valence-corrected chi connectivity index (χ0v) is 11.1. The molecule has 0 radical (unpaired) electrons. The van der Waals surface area contributed by atoms with E-state index in [1.54, 1.807) is 19.1 Å². The van der Waals surface area contributed by atoms with E-state index in [1.165, 1.54) is 0 Å². The number of anilines is 1. The monoisotopic (exact) mass is 251 g/mol. The summed E-state index contributed by atoms with van der Waals surface area (Å²) in [5.74, 6) is 0.147. The SMILES string of the molecule is CC1CN(c2ccc(C(C)O)c(O)c2)C(C)CO1. The zero-order valence-electron chi connectivity index (χ0n) is 11.1. The van der Waals surface area contributed by atoms with Crippen LogP contribution in [0.4, 0.5) is 5.69 Å². The number of aliphatic hydroxyl groups is 1. The molecule has 0 aromatic heterocycles. The van der Waals surface area contributed by atoms with Crippen LogP contribution in [0.15, 0.2) is 18.2 Å². The van der Waals surface area contributed by atoms with Gasteiger partial charge in [-0.2, -0.15) is 0 Å². The lowest BCUT2D eigenvalue weighted by Gasteiger charge is -2.38. The molecule has 18 heavy (non-hydrogen) atoms. The third-order valence-corrected chi connectivity index (χ3v) is 3.40. The average Bonchev–Trinajstić information content (AvgIpc) is 2.31. The predicted molar refractivity (Wildman–Crippen MR) is 71.0 cm³/mol. The number of benzene rings is 1. The Bertz CT molecular complexity index is 420. The minimum absolute atomic E-state index is 0.147. The van der Waals surface area contributed by atoms with E-state index in [9.17, 15) is 10.2 Å². The van der Waals surface area contributed by atoms with Crippen molar-refractivity contribution in [1.29, 1.82) is 0 Å². The Hall–Kier alpha value is -1.26. The first-order valence-electron chi connectivity index (χ1n) is 6.38. The highest BCUT2D eigenvalue weighted by Crippen LogP contribution is 2.30. The summed E-state index contributed by atoms with van der Waals surface area (Å²) in [6.07, 6.45) is -0.458. The van der Waals surface area contributed by atoms with Gasteiger partial charge in [0.2, 0.25) is 0 Å². The van der Waals surface area contributed by atoms with E-state index >= 15 is 0 Å². The van der Waals surface area contributed by atoms with E-state index < -0.39 is 6.10 Å². The standard InChI is InChI=1S/C14H21NO3/c1-9-8-18-10(2)7-15(9)12-4-5-13(11(3)16)14(17)6-12/h4-6,9-11,16-17H,7-8H2,1-3H3. The van der Waals surface area contributed by atoms with Gasteiger partial charge in [-0.15, -0.1) is 0 Å². The van der Waals surface area contributed by atoms with Crippen LogP contribution in [0.5, 0.6) is 5.75 Å². The number of hydrogen-bond donors (Lipinski definition) is 2. The highest BCUT2D eigenvalue weighted by molar-refractivity contribution is 5.54. The van der Waals surface area contributed by atoms with Gasteiger partial charge in [-0.3, -0.25) is 0 Å². The molecule has 100 valence electrons. The van der Waals surface area contributed by atoms with E-state index in [2.05, 4.69) is 11.8 Å². The second-order valence-corrected chi connectivity index (χ2v) is 5.06. The van der Waals surface area contributed by atoms with Crippen LogP contribution in [0.25, 0.3) is 0 Å². The Balaban J connectivity index is 2.25. The quantitative estimate of drug-likeness (QED) is 0.844. The molecule has 1 heterocycles. The molecule has 1 fully saturated rings. The molecule has 4 heteroatoms. The fourth-order valence-electron chi connectivity index (χ4n) is 2.33. The van der Waals surface area contributed by atoms with Crippen molar-refractivity contribution in [3.63, 3.8) is 0 Å². The first kappa shape index (κ1) is 13.2. The smallest absolute Gasteiger partial charge is 0.123 e. The molecule has 3 unspecified atom stereocenters. The largest absolute Gasteiger partial charge is 0.507 e. The molecule has 1 saturated heterocycles. The second kappa shape index (κ2) is 5.16. The number of hydrogen-bond acceptors (Lipinski definition) is 4. The lowest BCUT2D eigenvalue weighted by atomic mass is 10.1. The van der Waals surface area contributed by atoms with Crippen LogP contribution < -0.4 is 4.90 Å². The van der Waals surface area contributed by atoms with E-state index in [0.29, 0.717) is 12.2 Å². The normalized spacial score (nSPS) is 26.1. The third kappa shape index (κ3) is 2.60. The van der Waals surface area contributed by atoms with Crippen LogP contribution in [0.1, 0.15) is 32.4 Å². The van der Waals surface area contributed by atoms with Crippen molar-refractivity contribution in [3.8, 4) is 5.75 Å². The van der Waals surface area contributed by atoms with Crippen molar-refractivity contribution < 1.29 is 14.9 Å². The zero-order chi connectivity index (χ0) is 13.3. The molecule has 2 N–H and O–H groups in total. The molecule has 0 saturated carbocycles. The number of phenols is 1. The van der Waals surface area contributed by atoms with E-state index in [4.69, 9.17) is 4.74 Å². The Kier molecular flexibility index (Phi) is 3.78. The number of morpholine rings is 1. The Labute approximate surface area is 108 Å². The Morgan fingerprint density at radius 3 is 2.72 bits per heavy atom. The van der Waals surface area contributed by atoms with Gasteiger partial charge in [0.05, 0.1) is 18.8 Å². The fraction of sp³-hybridized carbons (Fsp3) is 0.571. The summed E-state index contributed by atoms with van der Waals surface area (Å²) in [7, 11) is 0. The van der Waals surface area contributed by atoms with Crippen molar-refractivity contribution in [3.05, 3.63) is 23.8 Å². The van der Waals surface area contributed by atoms with Crippen LogP contribution >= 0.6 is 0 Å². The van der Waals surface area contributed by atoms with Gasteiger partial charge >= 0.3 is 0 Å². The van der Waals surface area contributed by atoms with Gasteiger partial charge in [-0.25, -0.2) is 0 Å². The number of phenolic OH excluding ortho intramolecular Hbond substituents is 1. The van der Waals surface area contributed by atoms with E-state index in [-0.39, 0.29) is 17.9 Å². The molecule has 0 aliphatic carbocycles. The van der Waals surface area contributed by atoms with Crippen molar-refractivity contribution in [2.45, 2.75) is 39.0 Å². The molecule has 4 nitrogen and oxygen atoms in total. The molecular weight excluding hydrogens is 230 g/mol. The van der Waals surface area contributed by atoms with Gasteiger partial charge in [0.25, 0.3) is 0 Å². The molecule has 2 rings (SSSR count). The summed E-state index contributed by atoms with van der Waals surface area (Å²) in [5.41, 5.74) is 1.53. The first-order valence-corrected chi connectivity index (χ1v) is 6.38. The summed E-state index contributed by atoms with van der Waals surface area (Å²) in [6.45, 7) is 7.30. The van der Waals surface area contributed by atoms with Crippen molar-refractivity contribution in [2.75, 3.05) is 18.1 Å². The number of aromatic hydroxyl groups is 1. The summed E-state index contributed by atoms with van der Waals surface area (Å²) >= 11 is 0. The Morgan fingerprint density at radius 2 is 2.11 bits per heavy atom. The first-order chi connectivity index (χ1) is 8.49. The second-order valence-electron chi connectivity index (χ2n) is 5.06. The van der Waals surface area contributed by atoms with Crippen LogP contribution in [0, 0.1) is 0 Å². The summed E-state index contributed by atoms with van der Waals surface area (Å²) in [5, 5.41) is 19.4. The molecule has 1 aliphatic heterocycles. The van der Waals surface area contributed by atoms with Gasteiger partial charge in [-0.1, -0.05) is 6.07 Å². The fourth-order valence-corrected chi connectivity index (χ4v) is 2.33. The predicted octanol–water partition coefficient (Wildman–Crippen LogP) is 2.06. The lowest BCUT2D eigenvalue weighted by molar-refractivity contribution is 0.0343. The molecule has 0 spiro atoms. The molecule has 3 atom stereocenters. The summed E-state index contributed by atoms with van der Waals surface area (Å²) in [4.78, 5) is 2.22. The number of ether oxygens (including phenoxy) is 1. The van der Waals surface area contributed by atoms with Gasteiger partial charge < -0.3 is 19.8 Å². The van der Waals surface area contributed by atoms with E-state index in [1.807, 2.05) is 13.0 Å². The minimum Gasteiger partial charge on any atom is -0.507 e. The van der Waals surface area contributed by atoms with Gasteiger partial charge in [0, 0.05) is 29.9 Å². The van der Waals surface area contributed by atoms with Crippen molar-refractivity contribution >= 4 is 5.69 Å². The van der Waals surface area contributed by atoms with Crippen molar-refractivity contribution in [1.82, 2.24) is 0 Å². The molecule has 0 amide bonds. The summed E-state index contributed by atoms with van der Waals surface area (Å²) < 4.78 is 5.59. The molecule has 1 aliphatic rings. The molecular formula is C14H21NO3. The molecule has 1 aromatic rings. The molecule has 1 aromatic carbocycles. The van der Waals surface area contributed by atoms with Gasteiger partial charge in [-0.05, 0) is 26.8 Å². The van der Waals surface area contributed by atoms with Crippen LogP contribution in [0.2, 0.25) is 0 Å². The van der Waals surface area contributed by atoms with Crippen LogP contribution in [0.3, 0.4) is 0 Å². The minimum atomic E-state index is -0.653. The van der Waals surface area contributed by atoms with Crippen LogP contribution in [-0.2, 0) is 4.74 Å². The number of aliphatic hydroxyl groups excluding tert-OH is 1. The number of rotatable bonds is 2. The average molecular weight is 251 g/mol. The highest BCUT2D eigenvalue weighted by atomic mass is 16.5. The van der Waals surface area contributed by atoms with Crippen molar-refractivity contribution in [2.24, 2.45) is 0 Å². The van der Waals surface area contributed by atoms with Gasteiger partial charge in [0.15, 0.2) is 0 Å². The number of nitrogens with zero attached hydrogens (tertiary/aromatic N) is 1. The van der Waals surface area contributed by atoms with Gasteiger partial charge in [0.1, 0.15) is 5.75 Å². The highest BCUT2D eigenvalue weighted by Gasteiger charge is 2.24. The maximum absolute atomic E-state index is 9.93. The maximum atomic E-state index is 9.93. The van der Waals surface area contributed by atoms with Crippen LogP contribution in [-0.4, -0.2) is 35.5 Å². The topological polar surface area (TPSA) is 52.9 Å². The molecule has 0 bridgehead atoms. The Morgan fingerprint density at radius 1 is 1.39 bits per heavy atom.